The van der Waals surface area contributed by atoms with Crippen molar-refractivity contribution >= 4 is 11.6 Å². The van der Waals surface area contributed by atoms with Gasteiger partial charge in [-0.05, 0) is 69.1 Å². The monoisotopic (exact) mass is 308 g/mol. The number of hydrogen-bond donors (Lipinski definition) is 0. The molecular formula is C21H24O2. The third-order valence-electron chi connectivity index (χ3n) is 6.91. The van der Waals surface area contributed by atoms with Gasteiger partial charge in [0.15, 0.2) is 11.6 Å². The molecule has 4 atom stereocenters. The smallest absolute Gasteiger partial charge is 0.178 e. The number of carbonyl (C=O) groups excluding carboxylic acids is 2. The number of carbonyl (C=O) groups is 2. The van der Waals surface area contributed by atoms with Gasteiger partial charge in [-0.2, -0.15) is 0 Å². The van der Waals surface area contributed by atoms with Crippen molar-refractivity contribution in [1.82, 2.24) is 0 Å². The van der Waals surface area contributed by atoms with Gasteiger partial charge < -0.3 is 0 Å². The Balaban J connectivity index is 1.77. The summed E-state index contributed by atoms with van der Waals surface area (Å²) in [7, 11) is 0. The first-order chi connectivity index (χ1) is 10.9. The third-order valence-corrected chi connectivity index (χ3v) is 6.91. The second-order valence-electron chi connectivity index (χ2n) is 8.05. The minimum absolute atomic E-state index is 0.00573. The predicted octanol–water partition coefficient (Wildman–Crippen LogP) is 4.34. The fourth-order valence-corrected chi connectivity index (χ4v) is 5.65. The van der Waals surface area contributed by atoms with Gasteiger partial charge in [0.1, 0.15) is 0 Å². The van der Waals surface area contributed by atoms with E-state index in [1.165, 1.54) is 11.1 Å². The predicted molar refractivity (Wildman–Crippen MR) is 90.7 cm³/mol. The molecule has 0 aromatic rings. The highest BCUT2D eigenvalue weighted by Crippen LogP contribution is 2.62. The van der Waals surface area contributed by atoms with E-state index in [1.807, 2.05) is 6.08 Å². The van der Waals surface area contributed by atoms with Gasteiger partial charge in [0.2, 0.25) is 0 Å². The number of fused-ring (bicyclic) bond motifs is 5. The zero-order valence-electron chi connectivity index (χ0n) is 14.2. The minimum atomic E-state index is -0.0862. The number of ketones is 2. The molecular weight excluding hydrogens is 284 g/mol. The minimum Gasteiger partial charge on any atom is -0.295 e. The molecule has 0 aromatic carbocycles. The Morgan fingerprint density at radius 3 is 2.78 bits per heavy atom. The molecule has 0 saturated heterocycles. The zero-order chi connectivity index (χ0) is 16.4. The molecule has 1 fully saturated rings. The summed E-state index contributed by atoms with van der Waals surface area (Å²) in [5.74, 6) is 1.42. The van der Waals surface area contributed by atoms with Gasteiger partial charge in [-0.1, -0.05) is 36.3 Å². The molecule has 4 aliphatic rings. The molecule has 0 aromatic heterocycles. The fourth-order valence-electron chi connectivity index (χ4n) is 5.65. The molecule has 120 valence electrons. The molecule has 4 aliphatic carbocycles. The standard InChI is InChI=1S/C21H24O2/c1-13(22)17-6-7-18-16-5-4-14-12-15(23)8-10-20(14,2)19(16)9-11-21(17,18)3/h6,8-10,12,16,18H,4-5,7,11H2,1-3H3/t16-,18+,20-,21+/m0/s1. The van der Waals surface area contributed by atoms with Gasteiger partial charge >= 0.3 is 0 Å². The van der Waals surface area contributed by atoms with Crippen LogP contribution in [0.4, 0.5) is 0 Å². The molecule has 2 nitrogen and oxygen atoms in total. The molecule has 0 bridgehead atoms. The molecule has 0 radical (unpaired) electrons. The maximum absolute atomic E-state index is 12.0. The lowest BCUT2D eigenvalue weighted by molar-refractivity contribution is -0.115. The van der Waals surface area contributed by atoms with Crippen molar-refractivity contribution in [2.75, 3.05) is 0 Å². The van der Waals surface area contributed by atoms with E-state index in [-0.39, 0.29) is 22.4 Å². The van der Waals surface area contributed by atoms with E-state index >= 15 is 0 Å². The maximum Gasteiger partial charge on any atom is 0.178 e. The lowest BCUT2D eigenvalue weighted by Gasteiger charge is -2.51. The van der Waals surface area contributed by atoms with E-state index in [9.17, 15) is 9.59 Å². The normalized spacial score (nSPS) is 41.3. The number of Topliss-reactive ketones (excluding diaryl/α,β-unsaturated/α-hetero) is 1. The highest BCUT2D eigenvalue weighted by molar-refractivity contribution is 6.01. The van der Waals surface area contributed by atoms with Crippen molar-refractivity contribution in [3.63, 3.8) is 0 Å². The van der Waals surface area contributed by atoms with Crippen LogP contribution in [0.2, 0.25) is 0 Å². The Morgan fingerprint density at radius 1 is 1.26 bits per heavy atom. The summed E-state index contributed by atoms with van der Waals surface area (Å²) in [6, 6.07) is 0. The lowest BCUT2D eigenvalue weighted by Crippen LogP contribution is -2.43. The van der Waals surface area contributed by atoms with E-state index in [0.717, 1.165) is 31.3 Å². The first-order valence-corrected chi connectivity index (χ1v) is 8.72. The molecule has 0 amide bonds. The molecule has 2 heteroatoms. The number of allylic oxidation sites excluding steroid dienone is 8. The molecule has 23 heavy (non-hydrogen) atoms. The third kappa shape index (κ3) is 1.87. The summed E-state index contributed by atoms with van der Waals surface area (Å²) in [5.41, 5.74) is 3.72. The number of rotatable bonds is 1. The van der Waals surface area contributed by atoms with Crippen molar-refractivity contribution in [3.8, 4) is 0 Å². The molecule has 0 N–H and O–H groups in total. The van der Waals surface area contributed by atoms with Crippen LogP contribution in [0, 0.1) is 22.7 Å². The van der Waals surface area contributed by atoms with E-state index in [1.54, 1.807) is 13.0 Å². The van der Waals surface area contributed by atoms with Gasteiger partial charge in [0.05, 0.1) is 0 Å². The largest absolute Gasteiger partial charge is 0.295 e. The Kier molecular flexibility index (Phi) is 3.01. The van der Waals surface area contributed by atoms with Crippen LogP contribution >= 0.6 is 0 Å². The summed E-state index contributed by atoms with van der Waals surface area (Å²) in [5, 5.41) is 0. The molecule has 0 unspecified atom stereocenters. The van der Waals surface area contributed by atoms with Crippen LogP contribution in [0.1, 0.15) is 46.5 Å². The molecule has 0 heterocycles. The van der Waals surface area contributed by atoms with Gasteiger partial charge in [-0.15, -0.1) is 0 Å². The quantitative estimate of drug-likeness (QED) is 0.675. The highest BCUT2D eigenvalue weighted by Gasteiger charge is 2.53. The van der Waals surface area contributed by atoms with Crippen molar-refractivity contribution in [2.45, 2.75) is 46.5 Å². The van der Waals surface area contributed by atoms with Crippen LogP contribution in [-0.4, -0.2) is 11.6 Å². The SMILES string of the molecule is CC(=O)C1=CC[C@@H]2[C@@H]3CCC4=CC(=O)C=C[C@]4(C)C3=CC[C@]12C. The lowest BCUT2D eigenvalue weighted by atomic mass is 9.52. The summed E-state index contributed by atoms with van der Waals surface area (Å²) in [6.07, 6.45) is 14.3. The highest BCUT2D eigenvalue weighted by atomic mass is 16.1. The topological polar surface area (TPSA) is 34.1 Å². The first kappa shape index (κ1) is 14.9. The summed E-state index contributed by atoms with van der Waals surface area (Å²) in [4.78, 5) is 23.8. The fraction of sp³-hybridized carbons (Fsp3) is 0.524. The second kappa shape index (κ2) is 4.66. The van der Waals surface area contributed by atoms with Crippen LogP contribution in [0.25, 0.3) is 0 Å². The van der Waals surface area contributed by atoms with Crippen LogP contribution in [0.15, 0.2) is 47.1 Å². The van der Waals surface area contributed by atoms with Crippen LogP contribution < -0.4 is 0 Å². The molecule has 4 rings (SSSR count). The number of hydrogen-bond acceptors (Lipinski definition) is 2. The zero-order valence-corrected chi connectivity index (χ0v) is 14.2. The van der Waals surface area contributed by atoms with Gasteiger partial charge in [-0.3, -0.25) is 9.59 Å². The van der Waals surface area contributed by atoms with Crippen molar-refractivity contribution in [2.24, 2.45) is 22.7 Å². The van der Waals surface area contributed by atoms with Crippen LogP contribution in [0.5, 0.6) is 0 Å². The summed E-state index contributed by atoms with van der Waals surface area (Å²) >= 11 is 0. The molecule has 0 spiro atoms. The van der Waals surface area contributed by atoms with E-state index in [0.29, 0.717) is 11.8 Å². The van der Waals surface area contributed by atoms with Gasteiger partial charge in [-0.25, -0.2) is 0 Å². The Bertz CT molecular complexity index is 733. The van der Waals surface area contributed by atoms with E-state index in [4.69, 9.17) is 0 Å². The van der Waals surface area contributed by atoms with Crippen molar-refractivity contribution in [3.05, 3.63) is 47.1 Å². The van der Waals surface area contributed by atoms with Crippen molar-refractivity contribution < 1.29 is 9.59 Å². The Hall–Kier alpha value is -1.70. The average Bonchev–Trinajstić information content (AvgIpc) is 2.85. The van der Waals surface area contributed by atoms with E-state index in [2.05, 4.69) is 32.1 Å². The van der Waals surface area contributed by atoms with Crippen molar-refractivity contribution in [1.29, 1.82) is 0 Å². The summed E-state index contributed by atoms with van der Waals surface area (Å²) < 4.78 is 0. The Labute approximate surface area is 138 Å². The average molecular weight is 308 g/mol. The van der Waals surface area contributed by atoms with Crippen LogP contribution in [-0.2, 0) is 9.59 Å². The first-order valence-electron chi connectivity index (χ1n) is 8.72. The van der Waals surface area contributed by atoms with E-state index < -0.39 is 0 Å². The molecule has 1 saturated carbocycles. The van der Waals surface area contributed by atoms with Gasteiger partial charge in [0, 0.05) is 10.8 Å². The second-order valence-corrected chi connectivity index (χ2v) is 8.05. The maximum atomic E-state index is 12.0. The van der Waals surface area contributed by atoms with Gasteiger partial charge in [0.25, 0.3) is 0 Å². The van der Waals surface area contributed by atoms with Crippen LogP contribution in [0.3, 0.4) is 0 Å². The molecule has 0 aliphatic heterocycles. The summed E-state index contributed by atoms with van der Waals surface area (Å²) in [6.45, 7) is 6.24. The Morgan fingerprint density at radius 2 is 2.04 bits per heavy atom.